The van der Waals surface area contributed by atoms with Crippen molar-refractivity contribution in [3.63, 3.8) is 0 Å². The van der Waals surface area contributed by atoms with E-state index in [1.165, 1.54) is 13.1 Å². The lowest BCUT2D eigenvalue weighted by Gasteiger charge is -2.05. The minimum Gasteiger partial charge on any atom is -0.319 e. The lowest BCUT2D eigenvalue weighted by atomic mass is 10.2. The van der Waals surface area contributed by atoms with Crippen LogP contribution in [0.2, 0.25) is 5.02 Å². The Bertz CT molecular complexity index is 787. The van der Waals surface area contributed by atoms with Gasteiger partial charge in [-0.05, 0) is 6.07 Å². The number of anilines is 1. The summed E-state index contributed by atoms with van der Waals surface area (Å²) in [4.78, 5) is 32.1. The summed E-state index contributed by atoms with van der Waals surface area (Å²) in [5.41, 5.74) is -1.01. The van der Waals surface area contributed by atoms with Crippen molar-refractivity contribution in [3.8, 4) is 0 Å². The van der Waals surface area contributed by atoms with E-state index in [1.807, 2.05) is 0 Å². The second-order valence-electron chi connectivity index (χ2n) is 4.17. The Hall–Kier alpha value is -3.01. The number of carbonyl (C=O) groups is 1. The summed E-state index contributed by atoms with van der Waals surface area (Å²) in [7, 11) is 1.43. The number of nitrogens with one attached hydrogen (secondary N) is 1. The highest BCUT2D eigenvalue weighted by Gasteiger charge is 2.25. The highest BCUT2D eigenvalue weighted by molar-refractivity contribution is 6.34. The third kappa shape index (κ3) is 3.01. The average molecular weight is 326 g/mol. The van der Waals surface area contributed by atoms with Gasteiger partial charge in [0, 0.05) is 19.2 Å². The molecule has 1 N–H and O–H groups in total. The first-order valence-corrected chi connectivity index (χ1v) is 6.10. The first-order valence-electron chi connectivity index (χ1n) is 5.73. The molecule has 0 aliphatic heterocycles. The number of carbonyl (C=O) groups excluding carboxylic acids is 1. The zero-order valence-corrected chi connectivity index (χ0v) is 11.8. The van der Waals surface area contributed by atoms with Crippen molar-refractivity contribution in [1.29, 1.82) is 0 Å². The van der Waals surface area contributed by atoms with Crippen LogP contribution in [-0.4, -0.2) is 25.5 Å². The van der Waals surface area contributed by atoms with Crippen molar-refractivity contribution < 1.29 is 14.6 Å². The molecule has 0 aliphatic rings. The van der Waals surface area contributed by atoms with Gasteiger partial charge in [-0.15, -0.1) is 0 Å². The predicted octanol–water partition coefficient (Wildman–Crippen LogP) is 2.14. The van der Waals surface area contributed by atoms with Crippen molar-refractivity contribution in [2.24, 2.45) is 7.05 Å². The van der Waals surface area contributed by atoms with Crippen LogP contribution in [0.4, 0.5) is 17.1 Å². The molecule has 0 bridgehead atoms. The fraction of sp³-hybridized carbons (Fsp3) is 0.0909. The van der Waals surface area contributed by atoms with Gasteiger partial charge in [0.2, 0.25) is 5.69 Å². The molecule has 10 nitrogen and oxygen atoms in total. The van der Waals surface area contributed by atoms with Gasteiger partial charge in [0.05, 0.1) is 20.6 Å². The molecule has 11 heteroatoms. The van der Waals surface area contributed by atoms with Crippen LogP contribution in [0.15, 0.2) is 24.4 Å². The van der Waals surface area contributed by atoms with Gasteiger partial charge in [-0.3, -0.25) is 29.7 Å². The normalized spacial score (nSPS) is 10.3. The van der Waals surface area contributed by atoms with Gasteiger partial charge in [0.15, 0.2) is 0 Å². The van der Waals surface area contributed by atoms with Gasteiger partial charge in [0.1, 0.15) is 6.20 Å². The van der Waals surface area contributed by atoms with Gasteiger partial charge in [0.25, 0.3) is 11.6 Å². The standard InChI is InChI=1S/C11H8ClN5O5/c1-15-5-9(17(21)22)10(14-15)11(18)13-8-3-2-6(16(19)20)4-7(8)12/h2-5H,1H3,(H,13,18). The number of rotatable bonds is 4. The van der Waals surface area contributed by atoms with Crippen LogP contribution >= 0.6 is 11.6 Å². The molecule has 114 valence electrons. The maximum absolute atomic E-state index is 12.0. The molecule has 0 saturated heterocycles. The number of nitro groups is 2. The van der Waals surface area contributed by atoms with E-state index in [1.54, 1.807) is 0 Å². The summed E-state index contributed by atoms with van der Waals surface area (Å²) < 4.78 is 1.13. The van der Waals surface area contributed by atoms with Crippen LogP contribution < -0.4 is 5.32 Å². The molecule has 1 heterocycles. The fourth-order valence-corrected chi connectivity index (χ4v) is 1.89. The van der Waals surface area contributed by atoms with Gasteiger partial charge in [-0.1, -0.05) is 11.6 Å². The van der Waals surface area contributed by atoms with Crippen LogP contribution in [-0.2, 0) is 7.05 Å². The smallest absolute Gasteiger partial charge is 0.319 e. The first-order chi connectivity index (χ1) is 10.3. The van der Waals surface area contributed by atoms with Crippen molar-refractivity contribution >= 4 is 34.6 Å². The zero-order valence-electron chi connectivity index (χ0n) is 11.0. The molecule has 1 aromatic heterocycles. The summed E-state index contributed by atoms with van der Waals surface area (Å²) in [6.45, 7) is 0. The highest BCUT2D eigenvalue weighted by atomic mass is 35.5. The second-order valence-corrected chi connectivity index (χ2v) is 4.58. The maximum Gasteiger partial charge on any atom is 0.320 e. The predicted molar refractivity (Wildman–Crippen MR) is 75.9 cm³/mol. The molecular formula is C11H8ClN5O5. The molecule has 0 aliphatic carbocycles. The highest BCUT2D eigenvalue weighted by Crippen LogP contribution is 2.27. The van der Waals surface area contributed by atoms with Gasteiger partial charge in [-0.2, -0.15) is 5.10 Å². The van der Waals surface area contributed by atoms with E-state index in [-0.39, 0.29) is 22.1 Å². The van der Waals surface area contributed by atoms with Gasteiger partial charge >= 0.3 is 5.69 Å². The Kier molecular flexibility index (Phi) is 4.04. The molecule has 0 spiro atoms. The second kappa shape index (κ2) is 5.77. The molecule has 0 atom stereocenters. The molecule has 0 unspecified atom stereocenters. The Morgan fingerprint density at radius 3 is 2.55 bits per heavy atom. The Labute approximate surface area is 127 Å². The van der Waals surface area contributed by atoms with E-state index in [2.05, 4.69) is 10.4 Å². The average Bonchev–Trinajstić information content (AvgIpc) is 2.83. The van der Waals surface area contributed by atoms with Crippen LogP contribution in [0.1, 0.15) is 10.5 Å². The molecule has 22 heavy (non-hydrogen) atoms. The van der Waals surface area contributed by atoms with E-state index in [4.69, 9.17) is 11.6 Å². The summed E-state index contributed by atoms with van der Waals surface area (Å²) in [5, 5.41) is 27.4. The minimum atomic E-state index is -0.844. The van der Waals surface area contributed by atoms with Gasteiger partial charge in [-0.25, -0.2) is 0 Å². The van der Waals surface area contributed by atoms with Crippen molar-refractivity contribution in [3.05, 3.63) is 55.3 Å². The van der Waals surface area contributed by atoms with Crippen molar-refractivity contribution in [2.75, 3.05) is 5.32 Å². The zero-order chi connectivity index (χ0) is 16.4. The van der Waals surface area contributed by atoms with Crippen LogP contribution in [0.3, 0.4) is 0 Å². The number of benzene rings is 1. The van der Waals surface area contributed by atoms with E-state index < -0.39 is 21.4 Å². The van der Waals surface area contributed by atoms with Gasteiger partial charge < -0.3 is 5.32 Å². The SMILES string of the molecule is Cn1cc([N+](=O)[O-])c(C(=O)Nc2ccc([N+](=O)[O-])cc2Cl)n1. The number of non-ortho nitro benzene ring substituents is 1. The van der Waals surface area contributed by atoms with E-state index in [0.29, 0.717) is 0 Å². The molecule has 0 fully saturated rings. The molecular weight excluding hydrogens is 318 g/mol. The summed E-state index contributed by atoms with van der Waals surface area (Å²) in [6, 6.07) is 3.44. The summed E-state index contributed by atoms with van der Waals surface area (Å²) in [6.07, 6.45) is 1.09. The van der Waals surface area contributed by atoms with E-state index in [9.17, 15) is 25.0 Å². The van der Waals surface area contributed by atoms with E-state index in [0.717, 1.165) is 23.0 Å². The lowest BCUT2D eigenvalue weighted by molar-refractivity contribution is -0.385. The number of amides is 1. The fourth-order valence-electron chi connectivity index (χ4n) is 1.67. The molecule has 0 saturated carbocycles. The van der Waals surface area contributed by atoms with Crippen molar-refractivity contribution in [2.45, 2.75) is 0 Å². The molecule has 1 amide bonds. The Morgan fingerprint density at radius 1 is 1.32 bits per heavy atom. The number of hydrogen-bond donors (Lipinski definition) is 1. The molecule has 2 rings (SSSR count). The third-order valence-electron chi connectivity index (χ3n) is 2.63. The number of nitro benzene ring substituents is 1. The Balaban J connectivity index is 2.30. The number of aromatic nitrogens is 2. The molecule has 1 aromatic carbocycles. The maximum atomic E-state index is 12.0. The molecule has 0 radical (unpaired) electrons. The molecule has 2 aromatic rings. The topological polar surface area (TPSA) is 133 Å². The van der Waals surface area contributed by atoms with Crippen LogP contribution in [0.5, 0.6) is 0 Å². The van der Waals surface area contributed by atoms with Crippen LogP contribution in [0.25, 0.3) is 0 Å². The Morgan fingerprint density at radius 2 is 2.00 bits per heavy atom. The lowest BCUT2D eigenvalue weighted by Crippen LogP contribution is -2.15. The first kappa shape index (κ1) is 15.4. The minimum absolute atomic E-state index is 0.0684. The number of halogens is 1. The largest absolute Gasteiger partial charge is 0.320 e. The number of aryl methyl sites for hydroxylation is 1. The number of hydrogen-bond acceptors (Lipinski definition) is 6. The third-order valence-corrected chi connectivity index (χ3v) is 2.95. The summed E-state index contributed by atoms with van der Waals surface area (Å²) >= 11 is 5.83. The van der Waals surface area contributed by atoms with E-state index >= 15 is 0 Å². The summed E-state index contributed by atoms with van der Waals surface area (Å²) in [5.74, 6) is -0.844. The number of nitrogens with zero attached hydrogens (tertiary/aromatic N) is 4. The van der Waals surface area contributed by atoms with Crippen LogP contribution in [0, 0.1) is 20.2 Å². The van der Waals surface area contributed by atoms with Crippen molar-refractivity contribution in [1.82, 2.24) is 9.78 Å². The monoisotopic (exact) mass is 325 g/mol. The quantitative estimate of drug-likeness (QED) is 0.676.